The van der Waals surface area contributed by atoms with Gasteiger partial charge in [-0.1, -0.05) is 40.9 Å². The van der Waals surface area contributed by atoms with Gasteiger partial charge in [0.1, 0.15) is 0 Å². The van der Waals surface area contributed by atoms with Crippen LogP contribution in [0.1, 0.15) is 28.4 Å². The van der Waals surface area contributed by atoms with Gasteiger partial charge in [0.15, 0.2) is 0 Å². The normalized spacial score (nSPS) is 12.7. The number of benzene rings is 1. The molecule has 96 valence electrons. The van der Waals surface area contributed by atoms with Crippen LogP contribution in [0.5, 0.6) is 0 Å². The van der Waals surface area contributed by atoms with Gasteiger partial charge in [-0.05, 0) is 26.3 Å². The predicted octanol–water partition coefficient (Wildman–Crippen LogP) is 3.16. The monoisotopic (exact) mass is 263 g/mol. The molecule has 1 atom stereocenters. The second-order valence-corrected chi connectivity index (χ2v) is 5.19. The number of nitrogens with zero attached hydrogens (tertiary/aromatic N) is 2. The SMILES string of the molecule is Cc1cc(C)cc(C(N)Cn2ncc(Cl)c2C)c1. The number of hydrogen-bond donors (Lipinski definition) is 1. The van der Waals surface area contributed by atoms with Crippen molar-refractivity contribution in [3.8, 4) is 0 Å². The first-order valence-corrected chi connectivity index (χ1v) is 6.37. The summed E-state index contributed by atoms with van der Waals surface area (Å²) in [6.45, 7) is 6.75. The van der Waals surface area contributed by atoms with E-state index in [-0.39, 0.29) is 6.04 Å². The Morgan fingerprint density at radius 2 is 1.83 bits per heavy atom. The zero-order valence-electron chi connectivity index (χ0n) is 10.9. The summed E-state index contributed by atoms with van der Waals surface area (Å²) in [4.78, 5) is 0. The summed E-state index contributed by atoms with van der Waals surface area (Å²) in [6, 6.07) is 6.32. The van der Waals surface area contributed by atoms with Crippen molar-refractivity contribution in [3.05, 3.63) is 51.8 Å². The highest BCUT2D eigenvalue weighted by Crippen LogP contribution is 2.19. The Hall–Kier alpha value is -1.32. The summed E-state index contributed by atoms with van der Waals surface area (Å²) in [6.07, 6.45) is 1.66. The lowest BCUT2D eigenvalue weighted by Crippen LogP contribution is -2.19. The molecule has 1 aromatic heterocycles. The average molecular weight is 264 g/mol. The van der Waals surface area contributed by atoms with Gasteiger partial charge in [-0.2, -0.15) is 5.10 Å². The van der Waals surface area contributed by atoms with Crippen molar-refractivity contribution < 1.29 is 0 Å². The van der Waals surface area contributed by atoms with E-state index in [4.69, 9.17) is 17.3 Å². The van der Waals surface area contributed by atoms with E-state index in [1.54, 1.807) is 6.20 Å². The number of hydrogen-bond acceptors (Lipinski definition) is 2. The largest absolute Gasteiger partial charge is 0.322 e. The van der Waals surface area contributed by atoms with E-state index < -0.39 is 0 Å². The Balaban J connectivity index is 2.21. The Kier molecular flexibility index (Phi) is 3.73. The zero-order chi connectivity index (χ0) is 13.3. The molecule has 0 aliphatic rings. The summed E-state index contributed by atoms with van der Waals surface area (Å²) < 4.78 is 1.85. The van der Waals surface area contributed by atoms with Gasteiger partial charge in [-0.25, -0.2) is 0 Å². The second kappa shape index (κ2) is 5.12. The maximum atomic E-state index is 6.24. The van der Waals surface area contributed by atoms with Crippen LogP contribution in [0.15, 0.2) is 24.4 Å². The first kappa shape index (κ1) is 13.1. The molecule has 0 amide bonds. The lowest BCUT2D eigenvalue weighted by molar-refractivity contribution is 0.517. The highest BCUT2D eigenvalue weighted by atomic mass is 35.5. The highest BCUT2D eigenvalue weighted by molar-refractivity contribution is 6.31. The van der Waals surface area contributed by atoms with Gasteiger partial charge in [0, 0.05) is 6.04 Å². The van der Waals surface area contributed by atoms with Gasteiger partial charge >= 0.3 is 0 Å². The lowest BCUT2D eigenvalue weighted by atomic mass is 10.0. The third-order valence-corrected chi connectivity index (χ3v) is 3.46. The Labute approximate surface area is 113 Å². The summed E-state index contributed by atoms with van der Waals surface area (Å²) in [5, 5.41) is 4.91. The van der Waals surface area contributed by atoms with Gasteiger partial charge < -0.3 is 5.73 Å². The molecule has 3 nitrogen and oxygen atoms in total. The molecule has 0 aliphatic carbocycles. The first-order valence-electron chi connectivity index (χ1n) is 5.99. The third kappa shape index (κ3) is 2.74. The summed E-state index contributed by atoms with van der Waals surface area (Å²) in [5.74, 6) is 0. The molecular weight excluding hydrogens is 246 g/mol. The number of rotatable bonds is 3. The number of aromatic nitrogens is 2. The molecule has 0 aliphatic heterocycles. The van der Waals surface area contributed by atoms with Gasteiger partial charge in [0.05, 0.1) is 23.5 Å². The molecule has 1 unspecified atom stereocenters. The fraction of sp³-hybridized carbons (Fsp3) is 0.357. The van der Waals surface area contributed by atoms with Gasteiger partial charge in [-0.3, -0.25) is 4.68 Å². The molecule has 18 heavy (non-hydrogen) atoms. The van der Waals surface area contributed by atoms with Crippen LogP contribution in [0.25, 0.3) is 0 Å². The van der Waals surface area contributed by atoms with Crippen LogP contribution in [0.3, 0.4) is 0 Å². The van der Waals surface area contributed by atoms with Crippen molar-refractivity contribution in [1.29, 1.82) is 0 Å². The van der Waals surface area contributed by atoms with E-state index in [1.807, 2.05) is 11.6 Å². The molecule has 0 fully saturated rings. The minimum atomic E-state index is -0.0710. The molecule has 2 rings (SSSR count). The Morgan fingerprint density at radius 1 is 1.22 bits per heavy atom. The average Bonchev–Trinajstić information content (AvgIpc) is 2.59. The van der Waals surface area contributed by atoms with Crippen molar-refractivity contribution in [2.24, 2.45) is 5.73 Å². The van der Waals surface area contributed by atoms with Gasteiger partial charge in [-0.15, -0.1) is 0 Å². The van der Waals surface area contributed by atoms with Crippen molar-refractivity contribution >= 4 is 11.6 Å². The molecule has 2 aromatic rings. The van der Waals surface area contributed by atoms with Crippen LogP contribution >= 0.6 is 11.6 Å². The molecular formula is C14H18ClN3. The second-order valence-electron chi connectivity index (χ2n) is 4.79. The molecule has 0 saturated carbocycles. The molecule has 4 heteroatoms. The number of aryl methyl sites for hydroxylation is 2. The molecule has 0 radical (unpaired) electrons. The fourth-order valence-electron chi connectivity index (χ4n) is 2.12. The Bertz CT molecular complexity index is 540. The molecule has 0 spiro atoms. The van der Waals surface area contributed by atoms with Crippen LogP contribution in [-0.4, -0.2) is 9.78 Å². The molecule has 1 heterocycles. The van der Waals surface area contributed by atoms with Crippen LogP contribution < -0.4 is 5.73 Å². The minimum absolute atomic E-state index is 0.0710. The lowest BCUT2D eigenvalue weighted by Gasteiger charge is -2.15. The van der Waals surface area contributed by atoms with Gasteiger partial charge in [0.2, 0.25) is 0 Å². The number of nitrogens with two attached hydrogens (primary N) is 1. The van der Waals surface area contributed by atoms with Crippen LogP contribution in [0.4, 0.5) is 0 Å². The molecule has 2 N–H and O–H groups in total. The zero-order valence-corrected chi connectivity index (χ0v) is 11.7. The van der Waals surface area contributed by atoms with E-state index >= 15 is 0 Å². The maximum Gasteiger partial charge on any atom is 0.0814 e. The third-order valence-electron chi connectivity index (χ3n) is 3.09. The first-order chi connectivity index (χ1) is 8.47. The van der Waals surface area contributed by atoms with Crippen molar-refractivity contribution in [3.63, 3.8) is 0 Å². The van der Waals surface area contributed by atoms with E-state index in [0.717, 1.165) is 11.3 Å². The summed E-state index contributed by atoms with van der Waals surface area (Å²) >= 11 is 5.99. The van der Waals surface area contributed by atoms with Crippen LogP contribution in [-0.2, 0) is 6.54 Å². The van der Waals surface area contributed by atoms with Crippen LogP contribution in [0.2, 0.25) is 5.02 Å². The van der Waals surface area contributed by atoms with E-state index in [1.165, 1.54) is 11.1 Å². The van der Waals surface area contributed by atoms with Crippen molar-refractivity contribution in [2.75, 3.05) is 0 Å². The van der Waals surface area contributed by atoms with Crippen molar-refractivity contribution in [1.82, 2.24) is 9.78 Å². The maximum absolute atomic E-state index is 6.24. The smallest absolute Gasteiger partial charge is 0.0814 e. The topological polar surface area (TPSA) is 43.8 Å². The van der Waals surface area contributed by atoms with E-state index in [2.05, 4.69) is 37.1 Å². The van der Waals surface area contributed by atoms with Gasteiger partial charge in [0.25, 0.3) is 0 Å². The number of halogens is 1. The molecule has 0 saturated heterocycles. The minimum Gasteiger partial charge on any atom is -0.322 e. The summed E-state index contributed by atoms with van der Waals surface area (Å²) in [7, 11) is 0. The fourth-order valence-corrected chi connectivity index (χ4v) is 2.26. The standard InChI is InChI=1S/C14H18ClN3/c1-9-4-10(2)6-12(5-9)14(16)8-18-11(3)13(15)7-17-18/h4-7,14H,8,16H2,1-3H3. The van der Waals surface area contributed by atoms with Crippen LogP contribution in [0, 0.1) is 20.8 Å². The predicted molar refractivity (Wildman–Crippen MR) is 74.8 cm³/mol. The van der Waals surface area contributed by atoms with Crippen molar-refractivity contribution in [2.45, 2.75) is 33.4 Å². The Morgan fingerprint density at radius 3 is 2.33 bits per heavy atom. The highest BCUT2D eigenvalue weighted by Gasteiger charge is 2.11. The molecule has 0 bridgehead atoms. The summed E-state index contributed by atoms with van der Waals surface area (Å²) in [5.41, 5.74) is 10.8. The van der Waals surface area contributed by atoms with E-state index in [0.29, 0.717) is 11.6 Å². The molecule has 1 aromatic carbocycles. The quantitative estimate of drug-likeness (QED) is 0.924. The van der Waals surface area contributed by atoms with E-state index in [9.17, 15) is 0 Å².